The first kappa shape index (κ1) is 31.9. The van der Waals surface area contributed by atoms with Crippen molar-refractivity contribution in [1.29, 1.82) is 0 Å². The fourth-order valence-corrected chi connectivity index (χ4v) is 8.28. The van der Waals surface area contributed by atoms with Gasteiger partial charge >= 0.3 is 0 Å². The molecule has 0 aromatic heterocycles. The molecule has 0 aliphatic carbocycles. The molecule has 2 heterocycles. The van der Waals surface area contributed by atoms with E-state index in [4.69, 9.17) is 0 Å². The summed E-state index contributed by atoms with van der Waals surface area (Å²) in [5, 5.41) is 0. The van der Waals surface area contributed by atoms with E-state index in [1.807, 2.05) is 0 Å². The van der Waals surface area contributed by atoms with Gasteiger partial charge in [-0.15, -0.1) is 0 Å². The first-order valence-corrected chi connectivity index (χ1v) is 18.3. The molecule has 52 heavy (non-hydrogen) atoms. The summed E-state index contributed by atoms with van der Waals surface area (Å²) in [5.41, 5.74) is 22.0. The number of rotatable bonds is 5. The molecular weight excluding hydrogens is 629 g/mol. The van der Waals surface area contributed by atoms with E-state index in [1.165, 1.54) is 72.5 Å². The Morgan fingerprint density at radius 3 is 1.19 bits per heavy atom. The van der Waals surface area contributed by atoms with E-state index < -0.39 is 0 Å². The average molecular weight is 672 g/mol. The van der Waals surface area contributed by atoms with Gasteiger partial charge in [0, 0.05) is 45.5 Å². The molecule has 0 fully saturated rings. The smallest absolute Gasteiger partial charge is 0.252 e. The van der Waals surface area contributed by atoms with Gasteiger partial charge in [0.25, 0.3) is 6.71 Å². The van der Waals surface area contributed by atoms with Crippen molar-refractivity contribution < 1.29 is 0 Å². The predicted molar refractivity (Wildman–Crippen MR) is 224 cm³/mol. The maximum absolute atomic E-state index is 2.51. The average Bonchev–Trinajstić information content (AvgIpc) is 3.13. The maximum atomic E-state index is 2.51. The monoisotopic (exact) mass is 671 g/mol. The Labute approximate surface area is 308 Å². The lowest BCUT2D eigenvalue weighted by molar-refractivity contribution is 1.21. The molecule has 252 valence electrons. The lowest BCUT2D eigenvalue weighted by atomic mass is 9.33. The molecule has 0 amide bonds. The third-order valence-corrected chi connectivity index (χ3v) is 10.7. The van der Waals surface area contributed by atoms with Gasteiger partial charge in [0.05, 0.1) is 5.69 Å². The van der Waals surface area contributed by atoms with Crippen LogP contribution in [0, 0.1) is 41.5 Å². The van der Waals surface area contributed by atoms with Crippen LogP contribution in [-0.4, -0.2) is 6.71 Å². The summed E-state index contributed by atoms with van der Waals surface area (Å²) < 4.78 is 0. The van der Waals surface area contributed by atoms with E-state index in [-0.39, 0.29) is 6.71 Å². The van der Waals surface area contributed by atoms with Crippen molar-refractivity contribution in [1.82, 2.24) is 0 Å². The highest BCUT2D eigenvalue weighted by Crippen LogP contribution is 2.48. The van der Waals surface area contributed by atoms with Crippen molar-refractivity contribution in [3.63, 3.8) is 0 Å². The van der Waals surface area contributed by atoms with Gasteiger partial charge in [-0.2, -0.15) is 0 Å². The number of hydrogen-bond donors (Lipinski definition) is 0. The van der Waals surface area contributed by atoms with Crippen LogP contribution in [0.5, 0.6) is 0 Å². The van der Waals surface area contributed by atoms with Crippen LogP contribution in [0.15, 0.2) is 146 Å². The largest absolute Gasteiger partial charge is 0.311 e. The van der Waals surface area contributed by atoms with E-state index in [9.17, 15) is 0 Å². The number of aryl methyl sites for hydroxylation is 6. The van der Waals surface area contributed by atoms with Crippen LogP contribution in [0.25, 0.3) is 0 Å². The standard InChI is InChI=1S/C48H42BN3/c1-31-13-19-37(20-14-31)51-44-23-17-35(5)27-42(44)49-43-28-36(6)18-24-45(43)52(38-21-15-32(2)16-22-38)47-30-41(29-46(51)48(47)49)50(39-11-7-9-33(3)25-39)40-12-8-10-34(4)26-40/h7-30H,1-6H3. The van der Waals surface area contributed by atoms with Gasteiger partial charge in [0.1, 0.15) is 0 Å². The molecule has 0 saturated carbocycles. The zero-order valence-electron chi connectivity index (χ0n) is 30.8. The highest BCUT2D eigenvalue weighted by atomic mass is 15.2. The molecule has 4 heteroatoms. The molecule has 0 bridgehead atoms. The summed E-state index contributed by atoms with van der Waals surface area (Å²) in [4.78, 5) is 7.44. The lowest BCUT2D eigenvalue weighted by Gasteiger charge is -2.45. The molecule has 3 nitrogen and oxygen atoms in total. The second kappa shape index (κ2) is 12.3. The fraction of sp³-hybridized carbons (Fsp3) is 0.125. The number of nitrogens with zero attached hydrogens (tertiary/aromatic N) is 3. The minimum absolute atomic E-state index is 0.0682. The molecule has 2 aliphatic heterocycles. The minimum atomic E-state index is 0.0682. The Kier molecular flexibility index (Phi) is 7.59. The third-order valence-electron chi connectivity index (χ3n) is 10.7. The summed E-state index contributed by atoms with van der Waals surface area (Å²) in [6.45, 7) is 13.2. The second-order valence-corrected chi connectivity index (χ2v) is 14.8. The normalized spacial score (nSPS) is 12.7. The topological polar surface area (TPSA) is 9.72 Å². The molecule has 0 spiro atoms. The Morgan fingerprint density at radius 2 is 0.769 bits per heavy atom. The molecule has 2 aliphatic rings. The van der Waals surface area contributed by atoms with E-state index in [1.54, 1.807) is 0 Å². The van der Waals surface area contributed by atoms with Crippen LogP contribution < -0.4 is 31.1 Å². The van der Waals surface area contributed by atoms with Crippen LogP contribution in [0.4, 0.5) is 51.2 Å². The lowest BCUT2D eigenvalue weighted by Crippen LogP contribution is -2.61. The zero-order chi connectivity index (χ0) is 35.7. The highest BCUT2D eigenvalue weighted by molar-refractivity contribution is 7.00. The van der Waals surface area contributed by atoms with Crippen molar-refractivity contribution in [3.05, 3.63) is 179 Å². The van der Waals surface area contributed by atoms with Crippen LogP contribution in [0.3, 0.4) is 0 Å². The molecular formula is C48H42BN3. The minimum Gasteiger partial charge on any atom is -0.311 e. The van der Waals surface area contributed by atoms with Gasteiger partial charge in [-0.3, -0.25) is 0 Å². The molecule has 0 saturated heterocycles. The van der Waals surface area contributed by atoms with Gasteiger partial charge < -0.3 is 14.7 Å². The predicted octanol–water partition coefficient (Wildman–Crippen LogP) is 11.1. The SMILES string of the molecule is Cc1ccc(N2c3ccc(C)cc3B3c4cc(C)ccc4N(c4ccc(C)cc4)c4cc(N(c5cccc(C)c5)c5cccc(C)c5)cc2c43)cc1. The first-order chi connectivity index (χ1) is 25.2. The van der Waals surface area contributed by atoms with E-state index in [0.29, 0.717) is 0 Å². The Bertz CT molecular complexity index is 2330. The van der Waals surface area contributed by atoms with Crippen LogP contribution >= 0.6 is 0 Å². The molecule has 7 aromatic rings. The van der Waals surface area contributed by atoms with Crippen LogP contribution in [-0.2, 0) is 0 Å². The van der Waals surface area contributed by atoms with Crippen molar-refractivity contribution in [3.8, 4) is 0 Å². The molecule has 0 radical (unpaired) electrons. The number of benzene rings is 7. The first-order valence-electron chi connectivity index (χ1n) is 18.3. The highest BCUT2D eigenvalue weighted by Gasteiger charge is 2.44. The Hall–Kier alpha value is -6.00. The second-order valence-electron chi connectivity index (χ2n) is 14.8. The molecule has 7 aromatic carbocycles. The molecule has 0 unspecified atom stereocenters. The summed E-state index contributed by atoms with van der Waals surface area (Å²) in [7, 11) is 0. The Morgan fingerprint density at radius 1 is 0.365 bits per heavy atom. The summed E-state index contributed by atoms with van der Waals surface area (Å²) in [6.07, 6.45) is 0. The number of anilines is 9. The van der Waals surface area contributed by atoms with Crippen molar-refractivity contribution >= 4 is 74.3 Å². The fourth-order valence-electron chi connectivity index (χ4n) is 8.28. The van der Waals surface area contributed by atoms with E-state index in [0.717, 1.165) is 28.4 Å². The van der Waals surface area contributed by atoms with Crippen molar-refractivity contribution in [2.24, 2.45) is 0 Å². The third kappa shape index (κ3) is 5.29. The van der Waals surface area contributed by atoms with Gasteiger partial charge in [0.2, 0.25) is 0 Å². The van der Waals surface area contributed by atoms with Crippen molar-refractivity contribution in [2.45, 2.75) is 41.5 Å². The summed E-state index contributed by atoms with van der Waals surface area (Å²) in [5.74, 6) is 0. The molecule has 0 atom stereocenters. The summed E-state index contributed by atoms with van der Waals surface area (Å²) >= 11 is 0. The molecule has 9 rings (SSSR count). The molecule has 0 N–H and O–H groups in total. The van der Waals surface area contributed by atoms with Gasteiger partial charge in [-0.05, 0) is 142 Å². The van der Waals surface area contributed by atoms with Gasteiger partial charge in [-0.1, -0.05) is 95.1 Å². The number of fused-ring (bicyclic) bond motifs is 4. The number of hydrogen-bond acceptors (Lipinski definition) is 3. The van der Waals surface area contributed by atoms with E-state index >= 15 is 0 Å². The Balaban J connectivity index is 1.42. The van der Waals surface area contributed by atoms with Gasteiger partial charge in [-0.25, -0.2) is 0 Å². The quantitative estimate of drug-likeness (QED) is 0.169. The van der Waals surface area contributed by atoms with E-state index in [2.05, 4.69) is 202 Å². The van der Waals surface area contributed by atoms with Crippen LogP contribution in [0.1, 0.15) is 33.4 Å². The zero-order valence-corrected chi connectivity index (χ0v) is 30.8. The van der Waals surface area contributed by atoms with Gasteiger partial charge in [0.15, 0.2) is 0 Å². The maximum Gasteiger partial charge on any atom is 0.252 e. The van der Waals surface area contributed by atoms with Crippen LogP contribution in [0.2, 0.25) is 0 Å². The summed E-state index contributed by atoms with van der Waals surface area (Å²) in [6, 6.07) is 54.7. The van der Waals surface area contributed by atoms with Crippen molar-refractivity contribution in [2.75, 3.05) is 14.7 Å².